The number of halogens is 3. The Labute approximate surface area is 146 Å². The van der Waals surface area contributed by atoms with E-state index in [1.807, 2.05) is 0 Å². The normalized spacial score (nSPS) is 12.8. The van der Waals surface area contributed by atoms with E-state index in [1.54, 1.807) is 19.1 Å². The number of rotatable bonds is 4. The van der Waals surface area contributed by atoms with Crippen LogP contribution in [0.4, 0.5) is 23.8 Å². The van der Waals surface area contributed by atoms with Gasteiger partial charge in [-0.05, 0) is 24.6 Å². The molecule has 3 N–H and O–H groups in total. The molecule has 3 rings (SSSR count). The lowest BCUT2D eigenvalue weighted by molar-refractivity contribution is 0.0142. The number of hydrogen-bond acceptors (Lipinski definition) is 3. The molecule has 2 aromatic heterocycles. The minimum Gasteiger partial charge on any atom is -0.331 e. The molecule has 0 aliphatic heterocycles. The van der Waals surface area contributed by atoms with E-state index in [2.05, 4.69) is 25.8 Å². The van der Waals surface area contributed by atoms with Gasteiger partial charge in [-0.2, -0.15) is 13.9 Å². The van der Waals surface area contributed by atoms with Crippen molar-refractivity contribution in [3.8, 4) is 0 Å². The van der Waals surface area contributed by atoms with Gasteiger partial charge < -0.3 is 5.32 Å². The summed E-state index contributed by atoms with van der Waals surface area (Å²) in [5.74, 6) is -3.29. The molecule has 0 bridgehead atoms. The van der Waals surface area contributed by atoms with Crippen LogP contribution in [0.25, 0.3) is 10.9 Å². The summed E-state index contributed by atoms with van der Waals surface area (Å²) in [5.41, 5.74) is 0.660. The third-order valence-corrected chi connectivity index (χ3v) is 3.82. The smallest absolute Gasteiger partial charge is 0.320 e. The molecule has 0 saturated carbocycles. The number of benzene rings is 1. The van der Waals surface area contributed by atoms with Crippen LogP contribution in [0.2, 0.25) is 0 Å². The van der Waals surface area contributed by atoms with Gasteiger partial charge >= 0.3 is 6.03 Å². The minimum atomic E-state index is -3.10. The Morgan fingerprint density at radius 3 is 2.62 bits per heavy atom. The summed E-state index contributed by atoms with van der Waals surface area (Å²) in [7, 11) is 0. The summed E-state index contributed by atoms with van der Waals surface area (Å²) in [6.07, 6.45) is 1.23. The zero-order valence-electron chi connectivity index (χ0n) is 14.0. The number of aromatic nitrogens is 3. The van der Waals surface area contributed by atoms with Gasteiger partial charge in [0.2, 0.25) is 0 Å². The molecule has 6 nitrogen and oxygen atoms in total. The van der Waals surface area contributed by atoms with Crippen molar-refractivity contribution in [2.75, 3.05) is 5.32 Å². The maximum atomic E-state index is 13.4. The number of hydrogen-bond donors (Lipinski definition) is 3. The summed E-state index contributed by atoms with van der Waals surface area (Å²) in [6.45, 7) is 2.49. The number of nitrogens with zero attached hydrogens (tertiary/aromatic N) is 2. The van der Waals surface area contributed by atoms with Crippen LogP contribution < -0.4 is 10.6 Å². The highest BCUT2D eigenvalue weighted by Crippen LogP contribution is 2.31. The number of urea groups is 1. The van der Waals surface area contributed by atoms with Gasteiger partial charge in [-0.25, -0.2) is 14.2 Å². The van der Waals surface area contributed by atoms with Gasteiger partial charge in [-0.15, -0.1) is 0 Å². The Hall–Kier alpha value is -3.10. The first-order valence-electron chi connectivity index (χ1n) is 7.79. The number of alkyl halides is 2. The Balaban J connectivity index is 1.70. The van der Waals surface area contributed by atoms with Gasteiger partial charge in [-0.3, -0.25) is 10.4 Å². The Kier molecular flexibility index (Phi) is 4.54. The molecule has 2 amide bonds. The summed E-state index contributed by atoms with van der Waals surface area (Å²) < 4.78 is 39.8. The molecule has 0 aliphatic carbocycles. The Bertz CT molecular complexity index is 934. The van der Waals surface area contributed by atoms with E-state index in [1.165, 1.54) is 24.4 Å². The van der Waals surface area contributed by atoms with Crippen LogP contribution in [0, 0.1) is 5.82 Å². The summed E-state index contributed by atoms with van der Waals surface area (Å²) >= 11 is 0. The first-order valence-corrected chi connectivity index (χ1v) is 7.79. The second kappa shape index (κ2) is 6.66. The molecule has 0 saturated heterocycles. The van der Waals surface area contributed by atoms with Crippen LogP contribution in [0.5, 0.6) is 0 Å². The highest BCUT2D eigenvalue weighted by molar-refractivity contribution is 5.91. The number of aromatic amines is 1. The predicted molar refractivity (Wildman–Crippen MR) is 90.4 cm³/mol. The van der Waals surface area contributed by atoms with Crippen molar-refractivity contribution in [2.45, 2.75) is 25.8 Å². The monoisotopic (exact) mass is 363 g/mol. The molecule has 0 fully saturated rings. The molecular weight excluding hydrogens is 347 g/mol. The topological polar surface area (TPSA) is 82.7 Å². The zero-order valence-corrected chi connectivity index (χ0v) is 14.0. The highest BCUT2D eigenvalue weighted by atomic mass is 19.3. The van der Waals surface area contributed by atoms with E-state index in [-0.39, 0.29) is 23.1 Å². The van der Waals surface area contributed by atoms with E-state index in [4.69, 9.17) is 0 Å². The number of anilines is 1. The number of H-pyrrole nitrogens is 1. The standard InChI is InChI=1S/C17H16F3N5O/c1-9(10-3-5-11(18)6-4-10)22-16(26)23-14-7-13-12(8-21-14)15(25-24-13)17(2,19)20/h3-9H,1-2H3,(H,24,25)(H2,21,22,23,26)/t9-/m1/s1. The molecule has 0 radical (unpaired) electrons. The fourth-order valence-corrected chi connectivity index (χ4v) is 2.50. The van der Waals surface area contributed by atoms with Crippen LogP contribution in [0.1, 0.15) is 31.1 Å². The van der Waals surface area contributed by atoms with Crippen molar-refractivity contribution in [2.24, 2.45) is 0 Å². The maximum absolute atomic E-state index is 13.4. The van der Waals surface area contributed by atoms with Crippen molar-refractivity contribution in [3.05, 3.63) is 53.6 Å². The van der Waals surface area contributed by atoms with E-state index in [0.717, 1.165) is 12.5 Å². The first-order chi connectivity index (χ1) is 12.2. The molecule has 1 atom stereocenters. The number of pyridine rings is 1. The Morgan fingerprint density at radius 2 is 1.96 bits per heavy atom. The predicted octanol–water partition coefficient (Wildman–Crippen LogP) is 4.09. The van der Waals surface area contributed by atoms with Gasteiger partial charge in [0.1, 0.15) is 17.3 Å². The number of carbonyl (C=O) groups is 1. The average molecular weight is 363 g/mol. The van der Waals surface area contributed by atoms with E-state index < -0.39 is 17.6 Å². The van der Waals surface area contributed by atoms with E-state index in [0.29, 0.717) is 5.52 Å². The average Bonchev–Trinajstić information content (AvgIpc) is 2.98. The van der Waals surface area contributed by atoms with Crippen LogP contribution in [0.3, 0.4) is 0 Å². The molecule has 26 heavy (non-hydrogen) atoms. The summed E-state index contributed by atoms with van der Waals surface area (Å²) in [4.78, 5) is 16.1. The highest BCUT2D eigenvalue weighted by Gasteiger charge is 2.30. The number of amides is 2. The van der Waals surface area contributed by atoms with E-state index in [9.17, 15) is 18.0 Å². The second-order valence-corrected chi connectivity index (χ2v) is 5.95. The largest absolute Gasteiger partial charge is 0.331 e. The fraction of sp³-hybridized carbons (Fsp3) is 0.235. The van der Waals surface area contributed by atoms with Gasteiger partial charge in [0.15, 0.2) is 0 Å². The molecular formula is C17H16F3N5O. The van der Waals surface area contributed by atoms with Gasteiger partial charge in [0.25, 0.3) is 5.92 Å². The second-order valence-electron chi connectivity index (χ2n) is 5.95. The van der Waals surface area contributed by atoms with Crippen LogP contribution >= 0.6 is 0 Å². The molecule has 0 unspecified atom stereocenters. The van der Waals surface area contributed by atoms with Crippen LogP contribution in [-0.2, 0) is 5.92 Å². The van der Waals surface area contributed by atoms with Crippen molar-refractivity contribution in [1.29, 1.82) is 0 Å². The number of carbonyl (C=O) groups excluding carboxylic acids is 1. The summed E-state index contributed by atoms with van der Waals surface area (Å²) in [6, 6.07) is 6.27. The first kappa shape index (κ1) is 17.7. The Morgan fingerprint density at radius 1 is 1.27 bits per heavy atom. The van der Waals surface area contributed by atoms with Crippen molar-refractivity contribution in [3.63, 3.8) is 0 Å². The van der Waals surface area contributed by atoms with Crippen molar-refractivity contribution < 1.29 is 18.0 Å². The van der Waals surface area contributed by atoms with Crippen molar-refractivity contribution >= 4 is 22.8 Å². The maximum Gasteiger partial charge on any atom is 0.320 e. The quantitative estimate of drug-likeness (QED) is 0.653. The van der Waals surface area contributed by atoms with Gasteiger partial charge in [-0.1, -0.05) is 12.1 Å². The van der Waals surface area contributed by atoms with Crippen molar-refractivity contribution in [1.82, 2.24) is 20.5 Å². The van der Waals surface area contributed by atoms with Gasteiger partial charge in [0.05, 0.1) is 11.6 Å². The molecule has 1 aromatic carbocycles. The van der Waals surface area contributed by atoms with Crippen LogP contribution in [-0.4, -0.2) is 21.2 Å². The van der Waals surface area contributed by atoms with Crippen LogP contribution in [0.15, 0.2) is 36.5 Å². The zero-order chi connectivity index (χ0) is 18.9. The molecule has 3 aromatic rings. The fourth-order valence-electron chi connectivity index (χ4n) is 2.50. The molecule has 9 heteroatoms. The SMILES string of the molecule is C[C@@H](NC(=O)Nc1cc2[nH]nc(C(C)(F)F)c2cn1)c1ccc(F)cc1. The molecule has 2 heterocycles. The lowest BCUT2D eigenvalue weighted by Gasteiger charge is -2.15. The molecule has 0 spiro atoms. The third-order valence-electron chi connectivity index (χ3n) is 3.82. The van der Waals surface area contributed by atoms with Gasteiger partial charge in [0, 0.05) is 24.6 Å². The lowest BCUT2D eigenvalue weighted by Crippen LogP contribution is -2.31. The lowest BCUT2D eigenvalue weighted by atomic mass is 10.1. The summed E-state index contributed by atoms with van der Waals surface area (Å²) in [5, 5.41) is 11.5. The molecule has 136 valence electrons. The number of nitrogens with one attached hydrogen (secondary N) is 3. The van der Waals surface area contributed by atoms with E-state index >= 15 is 0 Å². The third kappa shape index (κ3) is 3.76. The number of fused-ring (bicyclic) bond motifs is 1. The minimum absolute atomic E-state index is 0.177. The molecule has 0 aliphatic rings.